The summed E-state index contributed by atoms with van der Waals surface area (Å²) < 4.78 is 76.8. The Hall–Kier alpha value is -1.24. The largest absolute Gasteiger partial charge is 0.419 e. The zero-order valence-electron chi connectivity index (χ0n) is 9.70. The fourth-order valence-electron chi connectivity index (χ4n) is 2.48. The van der Waals surface area contributed by atoms with E-state index in [1.54, 1.807) is 0 Å². The van der Waals surface area contributed by atoms with Crippen LogP contribution in [0.2, 0.25) is 0 Å². The van der Waals surface area contributed by atoms with E-state index >= 15 is 0 Å². The van der Waals surface area contributed by atoms with Gasteiger partial charge in [-0.1, -0.05) is 6.07 Å². The summed E-state index contributed by atoms with van der Waals surface area (Å²) in [5, 5.41) is 0. The molecule has 0 aromatic heterocycles. The smallest absolute Gasteiger partial charge is 0.330 e. The highest BCUT2D eigenvalue weighted by Crippen LogP contribution is 2.53. The predicted molar refractivity (Wildman–Crippen MR) is 56.3 cm³/mol. The fourth-order valence-corrected chi connectivity index (χ4v) is 2.48. The first kappa shape index (κ1) is 14.2. The van der Waals surface area contributed by atoms with Gasteiger partial charge in [-0.25, -0.2) is 13.2 Å². The summed E-state index contributed by atoms with van der Waals surface area (Å²) in [7, 11) is 0. The van der Waals surface area contributed by atoms with Crippen LogP contribution in [0.3, 0.4) is 0 Å². The van der Waals surface area contributed by atoms with Gasteiger partial charge in [0.15, 0.2) is 0 Å². The standard InChI is InChI=1S/C12H11F6N/c13-9-2-1-7(3-8(9)12(16,17)18)10(6-19)4-11(14,15)5-10/h1-3H,4-6,19H2. The number of nitrogens with two attached hydrogens (primary N) is 1. The van der Waals surface area contributed by atoms with E-state index in [0.717, 1.165) is 6.07 Å². The Morgan fingerprint density at radius 2 is 1.74 bits per heavy atom. The monoisotopic (exact) mass is 283 g/mol. The number of benzene rings is 1. The first-order valence-electron chi connectivity index (χ1n) is 5.55. The van der Waals surface area contributed by atoms with Crippen LogP contribution in [0.25, 0.3) is 0 Å². The van der Waals surface area contributed by atoms with Gasteiger partial charge in [-0.15, -0.1) is 0 Å². The first-order valence-corrected chi connectivity index (χ1v) is 5.55. The lowest BCUT2D eigenvalue weighted by atomic mass is 9.62. The average Bonchev–Trinajstić information content (AvgIpc) is 2.24. The minimum absolute atomic E-state index is 0.00894. The van der Waals surface area contributed by atoms with Gasteiger partial charge in [0, 0.05) is 24.8 Å². The van der Waals surface area contributed by atoms with Crippen molar-refractivity contribution in [2.45, 2.75) is 30.4 Å². The molecule has 2 N–H and O–H groups in total. The lowest BCUT2D eigenvalue weighted by Gasteiger charge is -2.47. The van der Waals surface area contributed by atoms with Crippen molar-refractivity contribution in [1.82, 2.24) is 0 Å². The van der Waals surface area contributed by atoms with Gasteiger partial charge in [0.1, 0.15) is 5.82 Å². The van der Waals surface area contributed by atoms with Crippen LogP contribution in [0.15, 0.2) is 18.2 Å². The van der Waals surface area contributed by atoms with Crippen molar-refractivity contribution in [1.29, 1.82) is 0 Å². The van der Waals surface area contributed by atoms with E-state index in [1.807, 2.05) is 0 Å². The van der Waals surface area contributed by atoms with Gasteiger partial charge in [-0.2, -0.15) is 13.2 Å². The summed E-state index contributed by atoms with van der Waals surface area (Å²) >= 11 is 0. The molecule has 1 aliphatic rings. The minimum Gasteiger partial charge on any atom is -0.330 e. The maximum atomic E-state index is 13.1. The van der Waals surface area contributed by atoms with Gasteiger partial charge in [0.25, 0.3) is 0 Å². The minimum atomic E-state index is -4.86. The van der Waals surface area contributed by atoms with E-state index in [9.17, 15) is 26.3 Å². The van der Waals surface area contributed by atoms with Crippen molar-refractivity contribution in [3.05, 3.63) is 35.1 Å². The molecule has 1 nitrogen and oxygen atoms in total. The number of hydrogen-bond donors (Lipinski definition) is 1. The molecule has 0 saturated heterocycles. The summed E-state index contributed by atoms with van der Waals surface area (Å²) in [6.07, 6.45) is -6.08. The summed E-state index contributed by atoms with van der Waals surface area (Å²) in [4.78, 5) is 0. The quantitative estimate of drug-likeness (QED) is 0.826. The van der Waals surface area contributed by atoms with Crippen LogP contribution in [0.5, 0.6) is 0 Å². The van der Waals surface area contributed by atoms with Gasteiger partial charge in [-0.05, 0) is 17.7 Å². The van der Waals surface area contributed by atoms with E-state index in [0.29, 0.717) is 12.1 Å². The van der Waals surface area contributed by atoms with Gasteiger partial charge in [0.05, 0.1) is 5.56 Å². The molecule has 0 atom stereocenters. The Kier molecular flexibility index (Phi) is 3.08. The van der Waals surface area contributed by atoms with Crippen LogP contribution >= 0.6 is 0 Å². The first-order chi connectivity index (χ1) is 8.60. The average molecular weight is 283 g/mol. The third-order valence-corrected chi connectivity index (χ3v) is 3.47. The Morgan fingerprint density at radius 1 is 1.16 bits per heavy atom. The molecule has 1 aliphatic carbocycles. The predicted octanol–water partition coefficient (Wildman–Crippen LogP) is 3.47. The van der Waals surface area contributed by atoms with Crippen molar-refractivity contribution >= 4 is 0 Å². The van der Waals surface area contributed by atoms with E-state index in [1.165, 1.54) is 0 Å². The van der Waals surface area contributed by atoms with Crippen LogP contribution in [0.4, 0.5) is 26.3 Å². The second-order valence-electron chi connectivity index (χ2n) is 4.89. The van der Waals surface area contributed by atoms with Crippen molar-refractivity contribution in [2.75, 3.05) is 6.54 Å². The summed E-state index contributed by atoms with van der Waals surface area (Å²) in [5.41, 5.74) is 2.77. The van der Waals surface area contributed by atoms with Crippen molar-refractivity contribution in [2.24, 2.45) is 5.73 Å². The normalized spacial score (nSPS) is 21.0. The van der Waals surface area contributed by atoms with E-state index < -0.39 is 41.7 Å². The summed E-state index contributed by atoms with van der Waals surface area (Å²) in [6.45, 7) is -0.203. The molecular formula is C12H11F6N. The zero-order chi connectivity index (χ0) is 14.5. The highest BCUT2D eigenvalue weighted by Gasteiger charge is 2.56. The Balaban J connectivity index is 2.42. The van der Waals surface area contributed by atoms with Crippen LogP contribution < -0.4 is 5.73 Å². The number of rotatable bonds is 2. The molecule has 0 heterocycles. The van der Waals surface area contributed by atoms with Gasteiger partial charge in [-0.3, -0.25) is 0 Å². The third kappa shape index (κ3) is 2.43. The molecule has 0 spiro atoms. The second-order valence-corrected chi connectivity index (χ2v) is 4.89. The Bertz CT molecular complexity index is 485. The third-order valence-electron chi connectivity index (χ3n) is 3.47. The van der Waals surface area contributed by atoms with E-state index in [-0.39, 0.29) is 12.1 Å². The Morgan fingerprint density at radius 3 is 2.16 bits per heavy atom. The van der Waals surface area contributed by atoms with Crippen LogP contribution in [-0.2, 0) is 11.6 Å². The topological polar surface area (TPSA) is 26.0 Å². The van der Waals surface area contributed by atoms with Crippen LogP contribution in [-0.4, -0.2) is 12.5 Å². The molecule has 19 heavy (non-hydrogen) atoms. The van der Waals surface area contributed by atoms with Gasteiger partial charge < -0.3 is 5.73 Å². The molecule has 7 heteroatoms. The lowest BCUT2D eigenvalue weighted by Crippen LogP contribution is -2.53. The molecule has 0 aliphatic heterocycles. The molecule has 0 bridgehead atoms. The van der Waals surface area contributed by atoms with Gasteiger partial charge in [0.2, 0.25) is 5.92 Å². The molecule has 0 unspecified atom stereocenters. The van der Waals surface area contributed by atoms with Crippen LogP contribution in [0, 0.1) is 5.82 Å². The molecule has 0 radical (unpaired) electrons. The summed E-state index contributed by atoms with van der Waals surface area (Å²) in [5.74, 6) is -4.35. The number of hydrogen-bond acceptors (Lipinski definition) is 1. The molecule has 106 valence electrons. The van der Waals surface area contributed by atoms with Crippen molar-refractivity contribution in [3.8, 4) is 0 Å². The van der Waals surface area contributed by atoms with Gasteiger partial charge >= 0.3 is 6.18 Å². The Labute approximate surface area is 105 Å². The number of halogens is 6. The zero-order valence-corrected chi connectivity index (χ0v) is 9.70. The molecule has 1 fully saturated rings. The molecule has 1 aromatic rings. The number of alkyl halides is 5. The second kappa shape index (κ2) is 4.13. The maximum absolute atomic E-state index is 13.1. The van der Waals surface area contributed by atoms with Crippen molar-refractivity contribution < 1.29 is 26.3 Å². The molecule has 1 aromatic carbocycles. The van der Waals surface area contributed by atoms with Crippen molar-refractivity contribution in [3.63, 3.8) is 0 Å². The molecule has 2 rings (SSSR count). The highest BCUT2D eigenvalue weighted by atomic mass is 19.4. The highest BCUT2D eigenvalue weighted by molar-refractivity contribution is 5.36. The van der Waals surface area contributed by atoms with Crippen LogP contribution in [0.1, 0.15) is 24.0 Å². The molecule has 1 saturated carbocycles. The maximum Gasteiger partial charge on any atom is 0.419 e. The fraction of sp³-hybridized carbons (Fsp3) is 0.500. The molecular weight excluding hydrogens is 272 g/mol. The SMILES string of the molecule is NCC1(c2ccc(F)c(C(F)(F)F)c2)CC(F)(F)C1. The van der Waals surface area contributed by atoms with E-state index in [2.05, 4.69) is 0 Å². The molecule has 0 amide bonds. The summed E-state index contributed by atoms with van der Waals surface area (Å²) in [6, 6.07) is 2.32. The van der Waals surface area contributed by atoms with E-state index in [4.69, 9.17) is 5.73 Å². The lowest BCUT2D eigenvalue weighted by molar-refractivity contribution is -0.140.